The van der Waals surface area contributed by atoms with E-state index in [4.69, 9.17) is 0 Å². The van der Waals surface area contributed by atoms with E-state index in [1.54, 1.807) is 0 Å². The van der Waals surface area contributed by atoms with Crippen LogP contribution in [0.3, 0.4) is 0 Å². The van der Waals surface area contributed by atoms with Gasteiger partial charge in [-0.25, -0.2) is 0 Å². The monoisotopic (exact) mass is 174 g/mol. The van der Waals surface area contributed by atoms with Gasteiger partial charge in [-0.05, 0) is 19.8 Å². The lowest BCUT2D eigenvalue weighted by atomic mass is 10.2. The molecule has 0 aliphatic carbocycles. The normalized spacial score (nSPS) is 15.0. The number of hydrogen-bond acceptors (Lipinski definition) is 1. The van der Waals surface area contributed by atoms with E-state index in [1.165, 1.54) is 18.4 Å². The summed E-state index contributed by atoms with van der Waals surface area (Å²) in [7, 11) is -0.723. The maximum absolute atomic E-state index is 11.0. The Morgan fingerprint density at radius 1 is 1.45 bits per heavy atom. The highest BCUT2D eigenvalue weighted by Crippen LogP contribution is 2.06. The Hall–Kier alpha value is -0.110. The number of unbranched alkanes of at least 4 members (excludes halogenated alkanes) is 1. The summed E-state index contributed by atoms with van der Waals surface area (Å²) in [5.41, 5.74) is 1.27. The molecule has 0 amide bonds. The Labute approximate surface area is 72.3 Å². The first kappa shape index (κ1) is 10.9. The standard InChI is InChI=1S/C9H18OS/c1-4-6-7-9(3)8-11(10)5-2/h8H,4-7H2,1-3H3/b9-8+. The fourth-order valence-electron chi connectivity index (χ4n) is 0.822. The zero-order valence-corrected chi connectivity index (χ0v) is 8.54. The molecular formula is C9H18OS. The molecule has 11 heavy (non-hydrogen) atoms. The van der Waals surface area contributed by atoms with Gasteiger partial charge in [-0.3, -0.25) is 4.21 Å². The summed E-state index contributed by atoms with van der Waals surface area (Å²) in [6.07, 6.45) is 3.52. The molecule has 0 bridgehead atoms. The van der Waals surface area contributed by atoms with Crippen molar-refractivity contribution >= 4 is 10.8 Å². The summed E-state index contributed by atoms with van der Waals surface area (Å²) in [6, 6.07) is 0. The van der Waals surface area contributed by atoms with E-state index in [1.807, 2.05) is 12.3 Å². The van der Waals surface area contributed by atoms with Crippen LogP contribution in [0.5, 0.6) is 0 Å². The predicted octanol–water partition coefficient (Wildman–Crippen LogP) is 2.85. The first-order valence-corrected chi connectivity index (χ1v) is 5.63. The molecule has 1 unspecified atom stereocenters. The quantitative estimate of drug-likeness (QED) is 0.626. The van der Waals surface area contributed by atoms with Crippen LogP contribution in [0.4, 0.5) is 0 Å². The van der Waals surface area contributed by atoms with Crippen LogP contribution in [0, 0.1) is 0 Å². The van der Waals surface area contributed by atoms with Crippen LogP contribution >= 0.6 is 0 Å². The van der Waals surface area contributed by atoms with E-state index >= 15 is 0 Å². The van der Waals surface area contributed by atoms with Gasteiger partial charge in [0, 0.05) is 22.0 Å². The minimum atomic E-state index is -0.723. The summed E-state index contributed by atoms with van der Waals surface area (Å²) in [4.78, 5) is 0. The molecule has 0 heterocycles. The van der Waals surface area contributed by atoms with Crippen molar-refractivity contribution in [2.24, 2.45) is 0 Å². The van der Waals surface area contributed by atoms with Crippen molar-refractivity contribution in [2.45, 2.75) is 40.0 Å². The van der Waals surface area contributed by atoms with Gasteiger partial charge in [-0.2, -0.15) is 0 Å². The SMILES string of the molecule is CCCC/C(C)=C/S(=O)CC. The van der Waals surface area contributed by atoms with Crippen LogP contribution in [0.1, 0.15) is 40.0 Å². The minimum absolute atomic E-state index is 0.723. The zero-order valence-electron chi connectivity index (χ0n) is 7.72. The molecule has 0 aromatic heterocycles. The van der Waals surface area contributed by atoms with Crippen molar-refractivity contribution in [3.8, 4) is 0 Å². The molecule has 1 atom stereocenters. The average Bonchev–Trinajstić information content (AvgIpc) is 2.00. The summed E-state index contributed by atoms with van der Waals surface area (Å²) >= 11 is 0. The highest BCUT2D eigenvalue weighted by atomic mass is 32.2. The molecule has 0 N–H and O–H groups in total. The first-order valence-electron chi connectivity index (χ1n) is 4.25. The molecule has 1 nitrogen and oxygen atoms in total. The van der Waals surface area contributed by atoms with E-state index < -0.39 is 10.8 Å². The van der Waals surface area contributed by atoms with Gasteiger partial charge in [0.05, 0.1) is 0 Å². The highest BCUT2D eigenvalue weighted by Gasteiger charge is 1.92. The predicted molar refractivity (Wildman–Crippen MR) is 52.0 cm³/mol. The topological polar surface area (TPSA) is 17.1 Å². The fourth-order valence-corrected chi connectivity index (χ4v) is 1.56. The Morgan fingerprint density at radius 2 is 2.09 bits per heavy atom. The molecule has 0 aliphatic rings. The van der Waals surface area contributed by atoms with E-state index in [-0.39, 0.29) is 0 Å². The van der Waals surface area contributed by atoms with Crippen LogP contribution < -0.4 is 0 Å². The van der Waals surface area contributed by atoms with Crippen molar-refractivity contribution in [1.82, 2.24) is 0 Å². The van der Waals surface area contributed by atoms with Crippen LogP contribution in [-0.4, -0.2) is 9.96 Å². The van der Waals surface area contributed by atoms with Crippen molar-refractivity contribution in [3.05, 3.63) is 11.0 Å². The van der Waals surface area contributed by atoms with Crippen LogP contribution in [-0.2, 0) is 10.8 Å². The lowest BCUT2D eigenvalue weighted by molar-refractivity contribution is 0.688. The summed E-state index contributed by atoms with van der Waals surface area (Å²) in [5, 5.41) is 1.88. The maximum Gasteiger partial charge on any atom is 0.0452 e. The second kappa shape index (κ2) is 6.59. The number of hydrogen-bond donors (Lipinski definition) is 0. The summed E-state index contributed by atoms with van der Waals surface area (Å²) < 4.78 is 11.0. The van der Waals surface area contributed by atoms with Gasteiger partial charge >= 0.3 is 0 Å². The average molecular weight is 174 g/mol. The molecular weight excluding hydrogens is 156 g/mol. The molecule has 0 saturated carbocycles. The third-order valence-corrected chi connectivity index (χ3v) is 2.78. The number of allylic oxidation sites excluding steroid dienone is 1. The molecule has 0 aromatic carbocycles. The Kier molecular flexibility index (Phi) is 6.52. The van der Waals surface area contributed by atoms with Gasteiger partial charge in [0.1, 0.15) is 0 Å². The second-order valence-electron chi connectivity index (χ2n) is 2.74. The van der Waals surface area contributed by atoms with Gasteiger partial charge in [0.2, 0.25) is 0 Å². The van der Waals surface area contributed by atoms with Crippen molar-refractivity contribution < 1.29 is 4.21 Å². The zero-order chi connectivity index (χ0) is 8.69. The fraction of sp³-hybridized carbons (Fsp3) is 0.778. The Balaban J connectivity index is 3.70. The third kappa shape index (κ3) is 6.29. The first-order chi connectivity index (χ1) is 5.20. The molecule has 0 saturated heterocycles. The summed E-state index contributed by atoms with van der Waals surface area (Å²) in [6.45, 7) is 6.17. The molecule has 0 rings (SSSR count). The van der Waals surface area contributed by atoms with E-state index in [0.29, 0.717) is 0 Å². The van der Waals surface area contributed by atoms with Crippen LogP contribution in [0.15, 0.2) is 11.0 Å². The highest BCUT2D eigenvalue weighted by molar-refractivity contribution is 7.87. The Morgan fingerprint density at radius 3 is 2.55 bits per heavy atom. The minimum Gasteiger partial charge on any atom is -0.255 e. The summed E-state index contributed by atoms with van der Waals surface area (Å²) in [5.74, 6) is 0.740. The molecule has 0 aliphatic heterocycles. The molecule has 0 fully saturated rings. The van der Waals surface area contributed by atoms with Gasteiger partial charge < -0.3 is 0 Å². The molecule has 0 aromatic rings. The lowest BCUT2D eigenvalue weighted by Crippen LogP contribution is -1.88. The van der Waals surface area contributed by atoms with E-state index in [9.17, 15) is 4.21 Å². The van der Waals surface area contributed by atoms with Gasteiger partial charge in [0.25, 0.3) is 0 Å². The molecule has 0 radical (unpaired) electrons. The molecule has 2 heteroatoms. The Bertz CT molecular complexity index is 150. The number of rotatable bonds is 5. The van der Waals surface area contributed by atoms with Crippen molar-refractivity contribution in [2.75, 3.05) is 5.75 Å². The second-order valence-corrected chi connectivity index (χ2v) is 4.31. The van der Waals surface area contributed by atoms with E-state index in [2.05, 4.69) is 13.8 Å². The van der Waals surface area contributed by atoms with Gasteiger partial charge in [0.15, 0.2) is 0 Å². The molecule has 0 spiro atoms. The van der Waals surface area contributed by atoms with Crippen molar-refractivity contribution in [3.63, 3.8) is 0 Å². The van der Waals surface area contributed by atoms with Crippen molar-refractivity contribution in [1.29, 1.82) is 0 Å². The molecule has 66 valence electrons. The lowest BCUT2D eigenvalue weighted by Gasteiger charge is -1.97. The van der Waals surface area contributed by atoms with Gasteiger partial charge in [-0.1, -0.05) is 25.8 Å². The van der Waals surface area contributed by atoms with Crippen LogP contribution in [0.25, 0.3) is 0 Å². The van der Waals surface area contributed by atoms with Gasteiger partial charge in [-0.15, -0.1) is 0 Å². The maximum atomic E-state index is 11.0. The largest absolute Gasteiger partial charge is 0.255 e. The van der Waals surface area contributed by atoms with Crippen LogP contribution in [0.2, 0.25) is 0 Å². The smallest absolute Gasteiger partial charge is 0.0452 e. The van der Waals surface area contributed by atoms with E-state index in [0.717, 1.165) is 12.2 Å². The third-order valence-electron chi connectivity index (χ3n) is 1.54.